The number of thiophene rings is 1. The van der Waals surface area contributed by atoms with Gasteiger partial charge in [-0.25, -0.2) is 4.99 Å². The van der Waals surface area contributed by atoms with Crippen molar-refractivity contribution >= 4 is 17.3 Å². The summed E-state index contributed by atoms with van der Waals surface area (Å²) in [5, 5.41) is 11.1. The zero-order valence-electron chi connectivity index (χ0n) is 12.6. The van der Waals surface area contributed by atoms with Gasteiger partial charge in [0.25, 0.3) is 0 Å². The Balaban J connectivity index is 1.78. The molecule has 0 spiro atoms. The van der Waals surface area contributed by atoms with Crippen LogP contribution in [0.15, 0.2) is 21.8 Å². The molecule has 1 unspecified atom stereocenters. The van der Waals surface area contributed by atoms with Gasteiger partial charge in [0.2, 0.25) is 0 Å². The minimum atomic E-state index is 0.750. The summed E-state index contributed by atoms with van der Waals surface area (Å²) in [5.41, 5.74) is 1.28. The molecule has 0 aliphatic carbocycles. The van der Waals surface area contributed by atoms with Crippen LogP contribution in [0.3, 0.4) is 0 Å². The van der Waals surface area contributed by atoms with Crippen molar-refractivity contribution in [2.24, 2.45) is 10.9 Å². The molecule has 0 saturated carbocycles. The number of hydrogen-bond acceptors (Lipinski definition) is 3. The average molecular weight is 294 g/mol. The standard InChI is InChI=1S/C15H26N4S/c1-3-16-15(18-10-14-6-8-20-12-14)17-9-13-5-7-19(4-2)11-13/h6,8,12-13H,3-5,7,9-11H2,1-2H3,(H2,16,17,18). The van der Waals surface area contributed by atoms with Crippen molar-refractivity contribution in [3.05, 3.63) is 22.4 Å². The molecule has 4 nitrogen and oxygen atoms in total. The van der Waals surface area contributed by atoms with Crippen LogP contribution in [-0.4, -0.2) is 43.6 Å². The Labute approximate surface area is 126 Å². The summed E-state index contributed by atoms with van der Waals surface area (Å²) in [5.74, 6) is 1.69. The van der Waals surface area contributed by atoms with Gasteiger partial charge in [0.1, 0.15) is 0 Å². The number of aliphatic imine (C=N–C) groups is 1. The summed E-state index contributed by atoms with van der Waals surface area (Å²) in [6, 6.07) is 2.13. The summed E-state index contributed by atoms with van der Waals surface area (Å²) in [6.07, 6.45) is 1.30. The van der Waals surface area contributed by atoms with Gasteiger partial charge >= 0.3 is 0 Å². The molecular weight excluding hydrogens is 268 g/mol. The van der Waals surface area contributed by atoms with Crippen LogP contribution in [0.1, 0.15) is 25.8 Å². The third-order valence-electron chi connectivity index (χ3n) is 3.72. The first-order valence-corrected chi connectivity index (χ1v) is 8.51. The highest BCUT2D eigenvalue weighted by Gasteiger charge is 2.20. The molecule has 1 aromatic heterocycles. The van der Waals surface area contributed by atoms with Gasteiger partial charge in [-0.2, -0.15) is 11.3 Å². The van der Waals surface area contributed by atoms with E-state index in [4.69, 9.17) is 0 Å². The summed E-state index contributed by atoms with van der Waals surface area (Å²) in [4.78, 5) is 7.16. The molecule has 2 heterocycles. The lowest BCUT2D eigenvalue weighted by Gasteiger charge is -2.16. The topological polar surface area (TPSA) is 39.7 Å². The van der Waals surface area contributed by atoms with E-state index in [-0.39, 0.29) is 0 Å². The Morgan fingerprint density at radius 3 is 3.00 bits per heavy atom. The highest BCUT2D eigenvalue weighted by Crippen LogP contribution is 2.14. The molecule has 112 valence electrons. The van der Waals surface area contributed by atoms with E-state index >= 15 is 0 Å². The quantitative estimate of drug-likeness (QED) is 0.624. The molecular formula is C15H26N4S. The van der Waals surface area contributed by atoms with Gasteiger partial charge in [0.05, 0.1) is 6.54 Å². The number of guanidine groups is 1. The third kappa shape index (κ3) is 4.80. The minimum Gasteiger partial charge on any atom is -0.357 e. The second-order valence-corrected chi connectivity index (χ2v) is 6.04. The summed E-state index contributed by atoms with van der Waals surface area (Å²) in [6.45, 7) is 10.7. The van der Waals surface area contributed by atoms with Gasteiger partial charge in [0.15, 0.2) is 5.96 Å². The molecule has 1 aliphatic heterocycles. The highest BCUT2D eigenvalue weighted by molar-refractivity contribution is 7.07. The fraction of sp³-hybridized carbons (Fsp3) is 0.667. The Bertz CT molecular complexity index is 402. The lowest BCUT2D eigenvalue weighted by molar-refractivity contribution is 0.342. The van der Waals surface area contributed by atoms with E-state index in [1.165, 1.54) is 31.6 Å². The molecule has 1 saturated heterocycles. The second-order valence-electron chi connectivity index (χ2n) is 5.26. The van der Waals surface area contributed by atoms with Crippen molar-refractivity contribution < 1.29 is 0 Å². The molecule has 5 heteroatoms. The number of rotatable bonds is 6. The molecule has 1 fully saturated rings. The van der Waals surface area contributed by atoms with E-state index in [0.29, 0.717) is 0 Å². The molecule has 0 bridgehead atoms. The average Bonchev–Trinajstić information content (AvgIpc) is 3.13. The number of nitrogens with one attached hydrogen (secondary N) is 2. The highest BCUT2D eigenvalue weighted by atomic mass is 32.1. The summed E-state index contributed by atoms with van der Waals surface area (Å²) >= 11 is 1.73. The van der Waals surface area contributed by atoms with Crippen molar-refractivity contribution in [1.82, 2.24) is 15.5 Å². The summed E-state index contributed by atoms with van der Waals surface area (Å²) < 4.78 is 0. The first-order chi connectivity index (χ1) is 9.81. The second kappa shape index (κ2) is 8.27. The normalized spacial score (nSPS) is 20.3. The van der Waals surface area contributed by atoms with E-state index in [9.17, 15) is 0 Å². The van der Waals surface area contributed by atoms with Gasteiger partial charge < -0.3 is 15.5 Å². The van der Waals surface area contributed by atoms with E-state index < -0.39 is 0 Å². The molecule has 0 aromatic carbocycles. The zero-order chi connectivity index (χ0) is 14.2. The van der Waals surface area contributed by atoms with Gasteiger partial charge in [0, 0.05) is 19.6 Å². The maximum absolute atomic E-state index is 4.64. The first kappa shape index (κ1) is 15.3. The van der Waals surface area contributed by atoms with Crippen LogP contribution in [0, 0.1) is 5.92 Å². The Hall–Kier alpha value is -1.07. The van der Waals surface area contributed by atoms with E-state index in [1.54, 1.807) is 11.3 Å². The Morgan fingerprint density at radius 2 is 2.35 bits per heavy atom. The third-order valence-corrected chi connectivity index (χ3v) is 4.45. The van der Waals surface area contributed by atoms with Crippen molar-refractivity contribution in [1.29, 1.82) is 0 Å². The van der Waals surface area contributed by atoms with Crippen LogP contribution in [0.5, 0.6) is 0 Å². The van der Waals surface area contributed by atoms with Crippen molar-refractivity contribution in [3.63, 3.8) is 0 Å². The first-order valence-electron chi connectivity index (χ1n) is 7.57. The largest absolute Gasteiger partial charge is 0.357 e. The van der Waals surface area contributed by atoms with Crippen LogP contribution < -0.4 is 10.6 Å². The molecule has 1 atom stereocenters. The fourth-order valence-electron chi connectivity index (χ4n) is 2.50. The maximum atomic E-state index is 4.64. The van der Waals surface area contributed by atoms with Crippen molar-refractivity contribution in [2.75, 3.05) is 32.7 Å². The smallest absolute Gasteiger partial charge is 0.191 e. The molecule has 0 amide bonds. The van der Waals surface area contributed by atoms with Crippen LogP contribution >= 0.6 is 11.3 Å². The predicted molar refractivity (Wildman–Crippen MR) is 87.4 cm³/mol. The predicted octanol–water partition coefficient (Wildman–Crippen LogP) is 2.15. The van der Waals surface area contributed by atoms with Crippen LogP contribution in [0.25, 0.3) is 0 Å². The molecule has 0 radical (unpaired) electrons. The molecule has 2 N–H and O–H groups in total. The lowest BCUT2D eigenvalue weighted by atomic mass is 10.1. The molecule has 1 aliphatic rings. The number of likely N-dealkylation sites (tertiary alicyclic amines) is 1. The summed E-state index contributed by atoms with van der Waals surface area (Å²) in [7, 11) is 0. The molecule has 20 heavy (non-hydrogen) atoms. The monoisotopic (exact) mass is 294 g/mol. The Morgan fingerprint density at radius 1 is 1.45 bits per heavy atom. The zero-order valence-corrected chi connectivity index (χ0v) is 13.4. The maximum Gasteiger partial charge on any atom is 0.191 e. The lowest BCUT2D eigenvalue weighted by Crippen LogP contribution is -2.40. The number of hydrogen-bond donors (Lipinski definition) is 2. The fourth-order valence-corrected chi connectivity index (χ4v) is 3.16. The van der Waals surface area contributed by atoms with E-state index in [0.717, 1.165) is 31.5 Å². The van der Waals surface area contributed by atoms with E-state index in [1.807, 2.05) is 0 Å². The molecule has 1 aromatic rings. The van der Waals surface area contributed by atoms with Gasteiger partial charge in [-0.3, -0.25) is 0 Å². The van der Waals surface area contributed by atoms with Gasteiger partial charge in [-0.1, -0.05) is 6.92 Å². The van der Waals surface area contributed by atoms with Crippen LogP contribution in [-0.2, 0) is 6.54 Å². The SMILES string of the molecule is CCNC(=NCc1ccsc1)NCC1CCN(CC)C1. The number of nitrogens with zero attached hydrogens (tertiary/aromatic N) is 2. The Kier molecular flexibility index (Phi) is 6.33. The van der Waals surface area contributed by atoms with Gasteiger partial charge in [-0.15, -0.1) is 0 Å². The van der Waals surface area contributed by atoms with Crippen molar-refractivity contribution in [2.45, 2.75) is 26.8 Å². The van der Waals surface area contributed by atoms with Crippen molar-refractivity contribution in [3.8, 4) is 0 Å². The van der Waals surface area contributed by atoms with Crippen LogP contribution in [0.4, 0.5) is 0 Å². The minimum absolute atomic E-state index is 0.750. The molecule has 2 rings (SSSR count). The van der Waals surface area contributed by atoms with E-state index in [2.05, 4.69) is 51.2 Å². The van der Waals surface area contributed by atoms with Crippen LogP contribution in [0.2, 0.25) is 0 Å². The van der Waals surface area contributed by atoms with Gasteiger partial charge in [-0.05, 0) is 54.7 Å².